The van der Waals surface area contributed by atoms with Crippen molar-refractivity contribution in [2.75, 3.05) is 6.61 Å². The molecule has 0 aromatic heterocycles. The minimum Gasteiger partial charge on any atom is -0.494 e. The fourth-order valence-electron chi connectivity index (χ4n) is 2.18. The Hall–Kier alpha value is -2.04. The first-order chi connectivity index (χ1) is 11.0. The van der Waals surface area contributed by atoms with E-state index < -0.39 is 17.9 Å². The van der Waals surface area contributed by atoms with Crippen LogP contribution < -0.4 is 10.1 Å². The number of ether oxygens (including phenoxy) is 1. The maximum absolute atomic E-state index is 12.3. The Bertz CT molecular complexity index is 515. The van der Waals surface area contributed by atoms with Crippen LogP contribution in [0.15, 0.2) is 24.3 Å². The van der Waals surface area contributed by atoms with Gasteiger partial charge in [0.1, 0.15) is 11.8 Å². The predicted octanol–water partition coefficient (Wildman–Crippen LogP) is 3.48. The molecule has 2 atom stereocenters. The highest BCUT2D eigenvalue weighted by atomic mass is 16.5. The molecular weight excluding hydrogens is 294 g/mol. The first-order valence-corrected chi connectivity index (χ1v) is 8.26. The van der Waals surface area contributed by atoms with Crippen LogP contribution in [0, 0.1) is 5.92 Å². The number of carboxylic acid groups (broad SMARTS) is 1. The number of nitrogens with one attached hydrogen (secondary N) is 1. The van der Waals surface area contributed by atoms with E-state index in [9.17, 15) is 14.7 Å². The lowest BCUT2D eigenvalue weighted by molar-refractivity contribution is -0.140. The van der Waals surface area contributed by atoms with Crippen LogP contribution >= 0.6 is 0 Å². The van der Waals surface area contributed by atoms with E-state index in [1.54, 1.807) is 24.3 Å². The first-order valence-electron chi connectivity index (χ1n) is 8.26. The zero-order chi connectivity index (χ0) is 17.2. The Labute approximate surface area is 138 Å². The minimum atomic E-state index is -1.01. The largest absolute Gasteiger partial charge is 0.494 e. The summed E-state index contributed by atoms with van der Waals surface area (Å²) in [4.78, 5) is 23.6. The number of aliphatic carboxylic acids is 1. The molecule has 0 spiro atoms. The Morgan fingerprint density at radius 1 is 1.26 bits per heavy atom. The van der Waals surface area contributed by atoms with E-state index in [1.807, 2.05) is 13.8 Å². The van der Waals surface area contributed by atoms with Crippen LogP contribution in [0.5, 0.6) is 5.75 Å². The average Bonchev–Trinajstić information content (AvgIpc) is 2.55. The van der Waals surface area contributed by atoms with Crippen molar-refractivity contribution in [3.63, 3.8) is 0 Å². The maximum atomic E-state index is 12.3. The fraction of sp³-hybridized carbons (Fsp3) is 0.556. The summed E-state index contributed by atoms with van der Waals surface area (Å²) in [6.07, 6.45) is 3.88. The highest BCUT2D eigenvalue weighted by Crippen LogP contribution is 2.15. The van der Waals surface area contributed by atoms with E-state index in [1.165, 1.54) is 0 Å². The van der Waals surface area contributed by atoms with Gasteiger partial charge in [0, 0.05) is 5.56 Å². The van der Waals surface area contributed by atoms with Crippen molar-refractivity contribution < 1.29 is 19.4 Å². The summed E-state index contributed by atoms with van der Waals surface area (Å²) in [6, 6.07) is 5.96. The van der Waals surface area contributed by atoms with Gasteiger partial charge in [-0.15, -0.1) is 0 Å². The molecule has 5 heteroatoms. The van der Waals surface area contributed by atoms with Crippen molar-refractivity contribution >= 4 is 11.9 Å². The number of unbranched alkanes of at least 4 members (excludes halogenated alkanes) is 2. The van der Waals surface area contributed by atoms with Gasteiger partial charge in [-0.1, -0.05) is 46.1 Å². The molecule has 0 aliphatic rings. The fourth-order valence-corrected chi connectivity index (χ4v) is 2.18. The smallest absolute Gasteiger partial charge is 0.326 e. The summed E-state index contributed by atoms with van der Waals surface area (Å²) >= 11 is 0. The second-order valence-corrected chi connectivity index (χ2v) is 5.76. The van der Waals surface area contributed by atoms with E-state index in [-0.39, 0.29) is 5.92 Å². The molecule has 1 amide bonds. The van der Waals surface area contributed by atoms with Crippen LogP contribution in [0.1, 0.15) is 56.8 Å². The molecule has 128 valence electrons. The van der Waals surface area contributed by atoms with Crippen molar-refractivity contribution in [3.05, 3.63) is 29.8 Å². The van der Waals surface area contributed by atoms with E-state index in [2.05, 4.69) is 12.2 Å². The van der Waals surface area contributed by atoms with Crippen LogP contribution in [0.2, 0.25) is 0 Å². The zero-order valence-electron chi connectivity index (χ0n) is 14.2. The number of rotatable bonds is 10. The third-order valence-corrected chi connectivity index (χ3v) is 3.88. The van der Waals surface area contributed by atoms with E-state index in [0.717, 1.165) is 19.3 Å². The number of carboxylic acids is 1. The molecule has 0 saturated heterocycles. The molecule has 5 nitrogen and oxygen atoms in total. The van der Waals surface area contributed by atoms with Gasteiger partial charge < -0.3 is 15.2 Å². The summed E-state index contributed by atoms with van der Waals surface area (Å²) in [6.45, 7) is 6.45. The third kappa shape index (κ3) is 6.30. The second-order valence-electron chi connectivity index (χ2n) is 5.76. The number of hydrogen-bond donors (Lipinski definition) is 2. The molecule has 2 unspecified atom stereocenters. The number of carbonyl (C=O) groups is 2. The summed E-state index contributed by atoms with van der Waals surface area (Å²) < 4.78 is 5.62. The van der Waals surface area contributed by atoms with Crippen LogP contribution in [-0.4, -0.2) is 29.6 Å². The predicted molar refractivity (Wildman–Crippen MR) is 89.8 cm³/mol. The Kier molecular flexibility index (Phi) is 8.16. The molecule has 0 saturated carbocycles. The first kappa shape index (κ1) is 19.0. The summed E-state index contributed by atoms with van der Waals surface area (Å²) in [5.74, 6) is -0.912. The van der Waals surface area contributed by atoms with Gasteiger partial charge in [-0.05, 0) is 30.5 Å². The molecule has 0 bridgehead atoms. The molecule has 23 heavy (non-hydrogen) atoms. The van der Waals surface area contributed by atoms with Crippen molar-refractivity contribution in [1.82, 2.24) is 5.32 Å². The molecule has 0 aliphatic carbocycles. The van der Waals surface area contributed by atoms with Gasteiger partial charge in [0.05, 0.1) is 6.61 Å². The highest BCUT2D eigenvalue weighted by molar-refractivity contribution is 5.96. The van der Waals surface area contributed by atoms with Gasteiger partial charge in [0.25, 0.3) is 5.91 Å². The van der Waals surface area contributed by atoms with E-state index in [0.29, 0.717) is 24.3 Å². The number of hydrogen-bond acceptors (Lipinski definition) is 3. The molecule has 1 aromatic rings. The van der Waals surface area contributed by atoms with Crippen LogP contribution in [0.3, 0.4) is 0 Å². The average molecular weight is 321 g/mol. The quantitative estimate of drug-likeness (QED) is 0.647. The standard InChI is InChI=1S/C18H27NO4/c1-4-6-7-11-23-15-10-8-9-14(12-15)17(20)19-16(18(21)22)13(3)5-2/h8-10,12-13,16H,4-7,11H2,1-3H3,(H,19,20)(H,21,22). The van der Waals surface area contributed by atoms with Crippen molar-refractivity contribution in [3.8, 4) is 5.75 Å². The molecule has 2 N–H and O–H groups in total. The van der Waals surface area contributed by atoms with Crippen LogP contribution in [0.4, 0.5) is 0 Å². The summed E-state index contributed by atoms with van der Waals surface area (Å²) in [7, 11) is 0. The lowest BCUT2D eigenvalue weighted by Gasteiger charge is -2.20. The Balaban J connectivity index is 2.70. The van der Waals surface area contributed by atoms with Gasteiger partial charge in [-0.25, -0.2) is 4.79 Å². The van der Waals surface area contributed by atoms with E-state index >= 15 is 0 Å². The van der Waals surface area contributed by atoms with Gasteiger partial charge >= 0.3 is 5.97 Å². The molecule has 0 heterocycles. The minimum absolute atomic E-state index is 0.134. The topological polar surface area (TPSA) is 75.6 Å². The van der Waals surface area contributed by atoms with E-state index in [4.69, 9.17) is 4.74 Å². The summed E-state index contributed by atoms with van der Waals surface area (Å²) in [5.41, 5.74) is 0.410. The summed E-state index contributed by atoms with van der Waals surface area (Å²) in [5, 5.41) is 11.8. The maximum Gasteiger partial charge on any atom is 0.326 e. The van der Waals surface area contributed by atoms with Crippen molar-refractivity contribution in [2.24, 2.45) is 5.92 Å². The number of amides is 1. The van der Waals surface area contributed by atoms with Crippen molar-refractivity contribution in [2.45, 2.75) is 52.5 Å². The lowest BCUT2D eigenvalue weighted by atomic mass is 9.99. The van der Waals surface area contributed by atoms with Crippen molar-refractivity contribution in [1.29, 1.82) is 0 Å². The third-order valence-electron chi connectivity index (χ3n) is 3.88. The Morgan fingerprint density at radius 3 is 2.61 bits per heavy atom. The van der Waals surface area contributed by atoms with Crippen LogP contribution in [0.25, 0.3) is 0 Å². The van der Waals surface area contributed by atoms with Gasteiger partial charge in [0.2, 0.25) is 0 Å². The molecule has 1 rings (SSSR count). The SMILES string of the molecule is CCCCCOc1cccc(C(=O)NC(C(=O)O)C(C)CC)c1. The Morgan fingerprint density at radius 2 is 2.00 bits per heavy atom. The zero-order valence-corrected chi connectivity index (χ0v) is 14.2. The lowest BCUT2D eigenvalue weighted by Crippen LogP contribution is -2.45. The molecule has 0 fully saturated rings. The highest BCUT2D eigenvalue weighted by Gasteiger charge is 2.25. The number of benzene rings is 1. The molecular formula is C18H27NO4. The van der Waals surface area contributed by atoms with Gasteiger partial charge in [0.15, 0.2) is 0 Å². The van der Waals surface area contributed by atoms with Crippen LogP contribution in [-0.2, 0) is 4.79 Å². The molecule has 0 aliphatic heterocycles. The molecule has 0 radical (unpaired) electrons. The van der Waals surface area contributed by atoms with Gasteiger partial charge in [-0.3, -0.25) is 4.79 Å². The normalized spacial score (nSPS) is 13.2. The number of carbonyl (C=O) groups excluding carboxylic acids is 1. The van der Waals surface area contributed by atoms with Gasteiger partial charge in [-0.2, -0.15) is 0 Å². The second kappa shape index (κ2) is 9.87. The molecule has 1 aromatic carbocycles. The monoisotopic (exact) mass is 321 g/mol.